The number of hydrogen-bond donors (Lipinski definition) is 0. The average molecular weight is 285 g/mol. The van der Waals surface area contributed by atoms with Crippen LogP contribution in [0.5, 0.6) is 5.75 Å². The van der Waals surface area contributed by atoms with Crippen molar-refractivity contribution in [1.82, 2.24) is 0 Å². The second-order valence-electron chi connectivity index (χ2n) is 3.91. The Hall–Kier alpha value is -0.830. The van der Waals surface area contributed by atoms with Crippen LogP contribution >= 0.6 is 15.9 Å². The zero-order valence-corrected chi connectivity index (χ0v) is 11.5. The van der Waals surface area contributed by atoms with Gasteiger partial charge in [-0.15, -0.1) is 0 Å². The van der Waals surface area contributed by atoms with E-state index in [9.17, 15) is 4.79 Å². The molecule has 0 aromatic heterocycles. The largest absolute Gasteiger partial charge is 0.497 e. The Balaban J connectivity index is 2.83. The van der Waals surface area contributed by atoms with Crippen molar-refractivity contribution in [2.24, 2.45) is 5.92 Å². The molecular weight excluding hydrogens is 268 g/mol. The third-order valence-electron chi connectivity index (χ3n) is 2.78. The predicted octanol–water partition coefficient (Wildman–Crippen LogP) is 3.62. The zero-order chi connectivity index (χ0) is 12.1. The molecule has 1 rings (SSSR count). The summed E-state index contributed by atoms with van der Waals surface area (Å²) in [6.45, 7) is 4.00. The van der Waals surface area contributed by atoms with Crippen LogP contribution in [0.1, 0.15) is 25.8 Å². The number of carbonyl (C=O) groups is 1. The molecule has 0 N–H and O–H groups in total. The first-order valence-electron chi connectivity index (χ1n) is 5.43. The second kappa shape index (κ2) is 6.04. The van der Waals surface area contributed by atoms with Crippen LogP contribution in [-0.4, -0.2) is 12.9 Å². The van der Waals surface area contributed by atoms with Gasteiger partial charge in [-0.3, -0.25) is 4.79 Å². The second-order valence-corrected chi connectivity index (χ2v) is 4.76. The van der Waals surface area contributed by atoms with Crippen LogP contribution in [0, 0.1) is 5.92 Å². The van der Waals surface area contributed by atoms with Gasteiger partial charge in [0.15, 0.2) is 0 Å². The van der Waals surface area contributed by atoms with E-state index in [1.165, 1.54) is 0 Å². The van der Waals surface area contributed by atoms with Crippen molar-refractivity contribution in [2.75, 3.05) is 7.11 Å². The number of rotatable bonds is 5. The fraction of sp³-hybridized carbons (Fsp3) is 0.462. The number of carbonyl (C=O) groups excluding carboxylic acids is 1. The lowest BCUT2D eigenvalue weighted by Crippen LogP contribution is -2.13. The highest BCUT2D eigenvalue weighted by atomic mass is 79.9. The third kappa shape index (κ3) is 3.34. The SMILES string of the molecule is CCC(C)C(=O)Cc1cc(OC)ccc1Br. The van der Waals surface area contributed by atoms with E-state index in [0.29, 0.717) is 6.42 Å². The van der Waals surface area contributed by atoms with Crippen molar-refractivity contribution in [2.45, 2.75) is 26.7 Å². The number of Topliss-reactive ketones (excluding diaryl/α,β-unsaturated/α-hetero) is 1. The van der Waals surface area contributed by atoms with E-state index in [-0.39, 0.29) is 11.7 Å². The molecule has 2 nitrogen and oxygen atoms in total. The van der Waals surface area contributed by atoms with Gasteiger partial charge in [0, 0.05) is 16.8 Å². The molecule has 1 aromatic carbocycles. The highest BCUT2D eigenvalue weighted by Crippen LogP contribution is 2.24. The van der Waals surface area contributed by atoms with Crippen molar-refractivity contribution >= 4 is 21.7 Å². The van der Waals surface area contributed by atoms with E-state index < -0.39 is 0 Å². The molecule has 3 heteroatoms. The number of halogens is 1. The summed E-state index contributed by atoms with van der Waals surface area (Å²) in [5, 5.41) is 0. The predicted molar refractivity (Wildman–Crippen MR) is 68.9 cm³/mol. The number of benzene rings is 1. The molecule has 0 spiro atoms. The van der Waals surface area contributed by atoms with Crippen molar-refractivity contribution in [3.8, 4) is 5.75 Å². The van der Waals surface area contributed by atoms with E-state index in [2.05, 4.69) is 15.9 Å². The number of methoxy groups -OCH3 is 1. The van der Waals surface area contributed by atoms with Crippen molar-refractivity contribution in [3.05, 3.63) is 28.2 Å². The summed E-state index contributed by atoms with van der Waals surface area (Å²) in [4.78, 5) is 11.8. The Morgan fingerprint density at radius 3 is 2.75 bits per heavy atom. The van der Waals surface area contributed by atoms with Gasteiger partial charge in [-0.05, 0) is 30.2 Å². The van der Waals surface area contributed by atoms with Crippen LogP contribution in [0.15, 0.2) is 22.7 Å². The van der Waals surface area contributed by atoms with E-state index in [0.717, 1.165) is 22.2 Å². The van der Waals surface area contributed by atoms with Crippen molar-refractivity contribution < 1.29 is 9.53 Å². The maximum Gasteiger partial charge on any atom is 0.140 e. The number of ether oxygens (including phenoxy) is 1. The quantitative estimate of drug-likeness (QED) is 0.826. The van der Waals surface area contributed by atoms with Crippen LogP contribution in [-0.2, 0) is 11.2 Å². The van der Waals surface area contributed by atoms with Crippen molar-refractivity contribution in [1.29, 1.82) is 0 Å². The minimum absolute atomic E-state index is 0.123. The van der Waals surface area contributed by atoms with Gasteiger partial charge in [-0.1, -0.05) is 29.8 Å². The molecule has 0 radical (unpaired) electrons. The van der Waals surface area contributed by atoms with Crippen molar-refractivity contribution in [3.63, 3.8) is 0 Å². The molecule has 0 saturated heterocycles. The average Bonchev–Trinajstić information content (AvgIpc) is 2.30. The third-order valence-corrected chi connectivity index (χ3v) is 3.55. The molecule has 0 heterocycles. The Kier molecular flexibility index (Phi) is 5.00. The van der Waals surface area contributed by atoms with Gasteiger partial charge in [0.2, 0.25) is 0 Å². The van der Waals surface area contributed by atoms with E-state index in [4.69, 9.17) is 4.74 Å². The molecule has 88 valence electrons. The maximum atomic E-state index is 11.8. The van der Waals surface area contributed by atoms with E-state index in [1.807, 2.05) is 32.0 Å². The summed E-state index contributed by atoms with van der Waals surface area (Å²) >= 11 is 3.45. The van der Waals surface area contributed by atoms with Gasteiger partial charge < -0.3 is 4.74 Å². The molecule has 0 aliphatic carbocycles. The molecule has 0 amide bonds. The van der Waals surface area contributed by atoms with E-state index >= 15 is 0 Å². The molecule has 1 aromatic rings. The summed E-state index contributed by atoms with van der Waals surface area (Å²) in [6, 6.07) is 5.70. The van der Waals surface area contributed by atoms with Crippen LogP contribution < -0.4 is 4.74 Å². The Morgan fingerprint density at radius 2 is 2.19 bits per heavy atom. The normalized spacial score (nSPS) is 12.2. The standard InChI is InChI=1S/C13H17BrO2/c1-4-9(2)13(15)8-10-7-11(16-3)5-6-12(10)14/h5-7,9H,4,8H2,1-3H3. The highest BCUT2D eigenvalue weighted by molar-refractivity contribution is 9.10. The minimum atomic E-state index is 0.123. The molecule has 1 atom stereocenters. The van der Waals surface area contributed by atoms with Gasteiger partial charge in [0.1, 0.15) is 11.5 Å². The van der Waals surface area contributed by atoms with Crippen LogP contribution in [0.25, 0.3) is 0 Å². The molecule has 16 heavy (non-hydrogen) atoms. The fourth-order valence-electron chi connectivity index (χ4n) is 1.40. The van der Waals surface area contributed by atoms with Gasteiger partial charge in [0.25, 0.3) is 0 Å². The molecule has 0 bridgehead atoms. The lowest BCUT2D eigenvalue weighted by atomic mass is 9.97. The number of ketones is 1. The lowest BCUT2D eigenvalue weighted by Gasteiger charge is -2.10. The first-order valence-corrected chi connectivity index (χ1v) is 6.22. The monoisotopic (exact) mass is 284 g/mol. The summed E-state index contributed by atoms with van der Waals surface area (Å²) in [5.41, 5.74) is 0.990. The van der Waals surface area contributed by atoms with Gasteiger partial charge in [0.05, 0.1) is 7.11 Å². The molecule has 0 aliphatic heterocycles. The molecule has 0 saturated carbocycles. The fourth-order valence-corrected chi connectivity index (χ4v) is 1.79. The van der Waals surface area contributed by atoms with Crippen LogP contribution in [0.2, 0.25) is 0 Å². The molecule has 1 unspecified atom stereocenters. The van der Waals surface area contributed by atoms with E-state index in [1.54, 1.807) is 7.11 Å². The Labute approximate surface area is 105 Å². The topological polar surface area (TPSA) is 26.3 Å². The Morgan fingerprint density at radius 1 is 1.50 bits per heavy atom. The van der Waals surface area contributed by atoms with Crippen LogP contribution in [0.3, 0.4) is 0 Å². The van der Waals surface area contributed by atoms with Gasteiger partial charge in [-0.2, -0.15) is 0 Å². The van der Waals surface area contributed by atoms with Gasteiger partial charge >= 0.3 is 0 Å². The smallest absolute Gasteiger partial charge is 0.140 e. The molecular formula is C13H17BrO2. The summed E-state index contributed by atoms with van der Waals surface area (Å²) in [6.07, 6.45) is 1.35. The number of hydrogen-bond acceptors (Lipinski definition) is 2. The first-order chi connectivity index (χ1) is 7.58. The lowest BCUT2D eigenvalue weighted by molar-refractivity contribution is -0.121. The Bertz CT molecular complexity index is 374. The maximum absolute atomic E-state index is 11.8. The summed E-state index contributed by atoms with van der Waals surface area (Å²) in [5.74, 6) is 1.18. The van der Waals surface area contributed by atoms with Gasteiger partial charge in [-0.25, -0.2) is 0 Å². The minimum Gasteiger partial charge on any atom is -0.497 e. The first kappa shape index (κ1) is 13.2. The molecule has 0 fully saturated rings. The summed E-state index contributed by atoms with van der Waals surface area (Å²) < 4.78 is 6.11. The zero-order valence-electron chi connectivity index (χ0n) is 9.92. The summed E-state index contributed by atoms with van der Waals surface area (Å²) in [7, 11) is 1.63. The highest BCUT2D eigenvalue weighted by Gasteiger charge is 2.13. The van der Waals surface area contributed by atoms with Crippen LogP contribution in [0.4, 0.5) is 0 Å². The molecule has 0 aliphatic rings.